The van der Waals surface area contributed by atoms with Gasteiger partial charge in [0.05, 0.1) is 5.56 Å². The van der Waals surface area contributed by atoms with Crippen molar-refractivity contribution in [1.29, 1.82) is 0 Å². The van der Waals surface area contributed by atoms with Gasteiger partial charge in [-0.05, 0) is 24.6 Å². The van der Waals surface area contributed by atoms with Gasteiger partial charge < -0.3 is 10.2 Å². The molecule has 2 N–H and O–H groups in total. The maximum atomic E-state index is 13.2. The molecule has 2 aromatic rings. The van der Waals surface area contributed by atoms with Crippen LogP contribution in [0, 0.1) is 0 Å². The first-order valence-corrected chi connectivity index (χ1v) is 12.0. The molecule has 2 aliphatic rings. The number of carbonyl (C=O) groups excluding carboxylic acids is 3. The van der Waals surface area contributed by atoms with Crippen molar-refractivity contribution in [3.8, 4) is 0 Å². The molecule has 2 fully saturated rings. The maximum absolute atomic E-state index is 13.2. The van der Waals surface area contributed by atoms with Crippen molar-refractivity contribution in [3.63, 3.8) is 0 Å². The quantitative estimate of drug-likeness (QED) is 0.487. The molecule has 0 bridgehead atoms. The fourth-order valence-electron chi connectivity index (χ4n) is 3.88. The van der Waals surface area contributed by atoms with Crippen LogP contribution >= 0.6 is 11.8 Å². The number of hydrogen-bond acceptors (Lipinski definition) is 5. The third kappa shape index (κ3) is 5.64. The Morgan fingerprint density at radius 2 is 1.73 bits per heavy atom. The molecular formula is C25H28N4O3S. The van der Waals surface area contributed by atoms with E-state index in [1.807, 2.05) is 47.4 Å². The van der Waals surface area contributed by atoms with Crippen molar-refractivity contribution in [3.05, 3.63) is 71.8 Å². The topological polar surface area (TPSA) is 81.8 Å². The summed E-state index contributed by atoms with van der Waals surface area (Å²) in [6.45, 7) is 5.54. The van der Waals surface area contributed by atoms with Crippen molar-refractivity contribution < 1.29 is 14.4 Å². The van der Waals surface area contributed by atoms with Crippen molar-refractivity contribution in [1.82, 2.24) is 20.4 Å². The first kappa shape index (κ1) is 23.1. The van der Waals surface area contributed by atoms with Gasteiger partial charge in [0.2, 0.25) is 0 Å². The van der Waals surface area contributed by atoms with Crippen LogP contribution in [0.5, 0.6) is 0 Å². The third-order valence-electron chi connectivity index (χ3n) is 5.88. The third-order valence-corrected chi connectivity index (χ3v) is 7.27. The van der Waals surface area contributed by atoms with Crippen molar-refractivity contribution >= 4 is 35.7 Å². The molecule has 2 heterocycles. The minimum absolute atomic E-state index is 0.00244. The van der Waals surface area contributed by atoms with Crippen LogP contribution < -0.4 is 10.6 Å². The van der Waals surface area contributed by atoms with E-state index in [2.05, 4.69) is 39.8 Å². The minimum Gasteiger partial charge on any atom is -0.336 e. The molecule has 2 aromatic carbocycles. The van der Waals surface area contributed by atoms with E-state index in [0.29, 0.717) is 24.4 Å². The van der Waals surface area contributed by atoms with Gasteiger partial charge in [-0.3, -0.25) is 19.8 Å². The first-order chi connectivity index (χ1) is 15.9. The summed E-state index contributed by atoms with van der Waals surface area (Å²) in [5, 5.41) is 4.94. The Morgan fingerprint density at radius 1 is 1.03 bits per heavy atom. The SMILES string of the molecule is CC1(CSc2ccccc2C(=O)N2CCN(CC=Cc3ccccc3)CC2)NC(=O)NC1=O. The van der Waals surface area contributed by atoms with E-state index in [9.17, 15) is 14.4 Å². The molecule has 0 saturated carbocycles. The second kappa shape index (κ2) is 10.2. The van der Waals surface area contributed by atoms with Crippen molar-refractivity contribution in [2.24, 2.45) is 0 Å². The van der Waals surface area contributed by atoms with E-state index < -0.39 is 11.6 Å². The monoisotopic (exact) mass is 464 g/mol. The number of urea groups is 1. The summed E-state index contributed by atoms with van der Waals surface area (Å²) in [6, 6.07) is 17.2. The number of rotatable bonds is 7. The lowest BCUT2D eigenvalue weighted by Crippen LogP contribution is -2.48. The standard InChI is InChI=1S/C25H28N4O3S/c1-25(23(31)26-24(32)27-25)18-33-21-12-6-5-11-20(21)22(30)29-16-14-28(15-17-29)13-7-10-19-8-3-2-4-9-19/h2-12H,13-18H2,1H3,(H2,26,27,31,32). The summed E-state index contributed by atoms with van der Waals surface area (Å²) >= 11 is 1.41. The number of benzene rings is 2. The Kier molecular flexibility index (Phi) is 7.15. The number of hydrogen-bond donors (Lipinski definition) is 2. The molecule has 0 aromatic heterocycles. The van der Waals surface area contributed by atoms with Crippen molar-refractivity contribution in [2.45, 2.75) is 17.4 Å². The van der Waals surface area contributed by atoms with Gasteiger partial charge in [0.15, 0.2) is 0 Å². The second-order valence-corrected chi connectivity index (χ2v) is 9.45. The minimum atomic E-state index is -0.989. The number of imide groups is 1. The number of carbonyl (C=O) groups is 3. The Bertz CT molecular complexity index is 1050. The lowest BCUT2D eigenvalue weighted by molar-refractivity contribution is -0.122. The van der Waals surface area contributed by atoms with Gasteiger partial charge in [-0.25, -0.2) is 4.79 Å². The molecule has 8 heteroatoms. The first-order valence-electron chi connectivity index (χ1n) is 11.0. The van der Waals surface area contributed by atoms with Crippen molar-refractivity contribution in [2.75, 3.05) is 38.5 Å². The van der Waals surface area contributed by atoms with Crippen LogP contribution in [-0.4, -0.2) is 71.7 Å². The highest BCUT2D eigenvalue weighted by molar-refractivity contribution is 7.99. The normalized spacial score (nSPS) is 21.3. The van der Waals surface area contributed by atoms with Gasteiger partial charge in [-0.15, -0.1) is 11.8 Å². The molecule has 4 rings (SSSR count). The van der Waals surface area contributed by atoms with Gasteiger partial charge in [-0.2, -0.15) is 0 Å². The van der Waals surface area contributed by atoms with E-state index >= 15 is 0 Å². The van der Waals surface area contributed by atoms with Crippen LogP contribution in [0.4, 0.5) is 4.79 Å². The van der Waals surface area contributed by atoms with Gasteiger partial charge >= 0.3 is 6.03 Å². The molecule has 0 radical (unpaired) electrons. The molecule has 1 atom stereocenters. The second-order valence-electron chi connectivity index (χ2n) is 8.43. The predicted molar refractivity (Wildman–Crippen MR) is 130 cm³/mol. The van der Waals surface area contributed by atoms with Crippen LogP contribution in [0.2, 0.25) is 0 Å². The molecule has 0 aliphatic carbocycles. The maximum Gasteiger partial charge on any atom is 0.322 e. The van der Waals surface area contributed by atoms with Crippen LogP contribution in [0.1, 0.15) is 22.8 Å². The Morgan fingerprint density at radius 3 is 2.42 bits per heavy atom. The van der Waals surface area contributed by atoms with Gasteiger partial charge in [0, 0.05) is 43.4 Å². The molecule has 4 amide bonds. The zero-order valence-corrected chi connectivity index (χ0v) is 19.4. The highest BCUT2D eigenvalue weighted by Gasteiger charge is 2.42. The number of nitrogens with zero attached hydrogens (tertiary/aromatic N) is 2. The summed E-state index contributed by atoms with van der Waals surface area (Å²) in [5.74, 6) is 0.0000177. The van der Waals surface area contributed by atoms with Gasteiger partial charge in [-0.1, -0.05) is 54.6 Å². The average Bonchev–Trinajstić information content (AvgIpc) is 3.10. The lowest BCUT2D eigenvalue weighted by Gasteiger charge is -2.34. The molecule has 1 unspecified atom stereocenters. The summed E-state index contributed by atoms with van der Waals surface area (Å²) in [4.78, 5) is 41.9. The predicted octanol–water partition coefficient (Wildman–Crippen LogP) is 2.85. The van der Waals surface area contributed by atoms with Crippen LogP contribution in [0.25, 0.3) is 6.08 Å². The highest BCUT2D eigenvalue weighted by atomic mass is 32.2. The fourth-order valence-corrected chi connectivity index (χ4v) is 5.01. The lowest BCUT2D eigenvalue weighted by atomic mass is 10.1. The van der Waals surface area contributed by atoms with E-state index in [1.54, 1.807) is 6.92 Å². The smallest absolute Gasteiger partial charge is 0.322 e. The fraction of sp³-hybridized carbons (Fsp3) is 0.320. The molecule has 0 spiro atoms. The van der Waals surface area contributed by atoms with E-state index in [-0.39, 0.29) is 11.8 Å². The molecule has 7 nitrogen and oxygen atoms in total. The Labute approximate surface area is 198 Å². The Balaban J connectivity index is 1.32. The van der Waals surface area contributed by atoms with Crippen LogP contribution in [0.15, 0.2) is 65.6 Å². The van der Waals surface area contributed by atoms with E-state index in [1.165, 1.54) is 17.3 Å². The molecule has 33 heavy (non-hydrogen) atoms. The Hall–Kier alpha value is -3.10. The van der Waals surface area contributed by atoms with Gasteiger partial charge in [0.25, 0.3) is 11.8 Å². The number of thioether (sulfide) groups is 1. The molecular weight excluding hydrogens is 436 g/mol. The summed E-state index contributed by atoms with van der Waals surface area (Å²) in [7, 11) is 0. The van der Waals surface area contributed by atoms with E-state index in [4.69, 9.17) is 0 Å². The summed E-state index contributed by atoms with van der Waals surface area (Å²) in [6.07, 6.45) is 4.29. The van der Waals surface area contributed by atoms with Gasteiger partial charge in [0.1, 0.15) is 5.54 Å². The number of amides is 4. The summed E-state index contributed by atoms with van der Waals surface area (Å²) < 4.78 is 0. The number of nitrogens with one attached hydrogen (secondary N) is 2. The molecule has 2 aliphatic heterocycles. The largest absolute Gasteiger partial charge is 0.336 e. The zero-order valence-electron chi connectivity index (χ0n) is 18.6. The zero-order chi connectivity index (χ0) is 23.3. The molecule has 172 valence electrons. The molecule has 2 saturated heterocycles. The average molecular weight is 465 g/mol. The number of piperazine rings is 1. The summed E-state index contributed by atoms with van der Waals surface area (Å²) in [5.41, 5.74) is 0.828. The highest BCUT2D eigenvalue weighted by Crippen LogP contribution is 2.28. The van der Waals surface area contributed by atoms with E-state index in [0.717, 1.165) is 24.5 Å². The van der Waals surface area contributed by atoms with Crippen LogP contribution in [0.3, 0.4) is 0 Å². The van der Waals surface area contributed by atoms with Crippen LogP contribution in [-0.2, 0) is 4.79 Å².